The summed E-state index contributed by atoms with van der Waals surface area (Å²) in [7, 11) is 1.23. The Morgan fingerprint density at radius 3 is 2.50 bits per heavy atom. The number of oxime groups is 1. The second kappa shape index (κ2) is 7.45. The lowest BCUT2D eigenvalue weighted by Crippen LogP contribution is -2.27. The molecule has 0 heterocycles. The van der Waals surface area contributed by atoms with E-state index in [9.17, 15) is 9.59 Å². The molecule has 0 saturated carbocycles. The maximum Gasteiger partial charge on any atom is 0.364 e. The van der Waals surface area contributed by atoms with Crippen LogP contribution in [0, 0.1) is 0 Å². The number of rotatable bonds is 6. The minimum Gasteiger partial charge on any atom is -0.456 e. The molecule has 0 aliphatic heterocycles. The number of carbonyl (C=O) groups is 2. The van der Waals surface area contributed by atoms with Crippen molar-refractivity contribution in [1.29, 1.82) is 0 Å². The molecule has 0 fully saturated rings. The molecular weight excluding hydrogens is 258 g/mol. The van der Waals surface area contributed by atoms with Crippen LogP contribution >= 0.6 is 11.6 Å². The van der Waals surface area contributed by atoms with Crippen molar-refractivity contribution in [1.82, 2.24) is 0 Å². The zero-order chi connectivity index (χ0) is 13.4. The minimum atomic E-state index is -0.855. The summed E-state index contributed by atoms with van der Waals surface area (Å²) < 4.78 is 4.94. The molecule has 96 valence electrons. The summed E-state index contributed by atoms with van der Waals surface area (Å²) in [4.78, 5) is 27.3. The fraction of sp³-hybridized carbons (Fsp3) is 0.250. The molecule has 0 aliphatic carbocycles. The lowest BCUT2D eigenvalue weighted by molar-refractivity contribution is -0.137. The number of ketones is 1. The fourth-order valence-electron chi connectivity index (χ4n) is 1.15. The maximum absolute atomic E-state index is 11.6. The molecule has 0 aliphatic rings. The molecule has 0 unspecified atom stereocenters. The second-order valence-electron chi connectivity index (χ2n) is 3.24. The van der Waals surface area contributed by atoms with Crippen molar-refractivity contribution in [2.75, 3.05) is 13.0 Å². The summed E-state index contributed by atoms with van der Waals surface area (Å²) in [6.45, 7) is 0.0535. The van der Waals surface area contributed by atoms with Crippen LogP contribution in [0.4, 0.5) is 0 Å². The van der Waals surface area contributed by atoms with E-state index in [1.165, 1.54) is 7.11 Å². The number of hydrogen-bond donors (Lipinski definition) is 0. The predicted molar refractivity (Wildman–Crippen MR) is 66.4 cm³/mol. The molecule has 0 atom stereocenters. The van der Waals surface area contributed by atoms with Gasteiger partial charge in [0.15, 0.2) is 0 Å². The standard InChI is InChI=1S/C12H12ClNO4/c1-17-14-11(10(15)7-13)12(16)18-8-9-5-3-2-4-6-9/h2-6H,7-8H2,1H3/b14-11-. The van der Waals surface area contributed by atoms with Crippen molar-refractivity contribution >= 4 is 29.1 Å². The Balaban J connectivity index is 2.63. The van der Waals surface area contributed by atoms with Gasteiger partial charge < -0.3 is 9.57 Å². The highest BCUT2D eigenvalue weighted by Crippen LogP contribution is 2.02. The Morgan fingerprint density at radius 2 is 1.94 bits per heavy atom. The summed E-state index contributed by atoms with van der Waals surface area (Å²) in [5.41, 5.74) is 0.365. The van der Waals surface area contributed by atoms with Crippen LogP contribution in [0.5, 0.6) is 0 Å². The number of ether oxygens (including phenoxy) is 1. The van der Waals surface area contributed by atoms with E-state index >= 15 is 0 Å². The van der Waals surface area contributed by atoms with Gasteiger partial charge in [-0.2, -0.15) is 0 Å². The lowest BCUT2D eigenvalue weighted by atomic mass is 10.2. The number of hydrogen-bond acceptors (Lipinski definition) is 5. The number of esters is 1. The van der Waals surface area contributed by atoms with Gasteiger partial charge in [0, 0.05) is 0 Å². The third-order valence-electron chi connectivity index (χ3n) is 1.97. The van der Waals surface area contributed by atoms with E-state index in [1.54, 1.807) is 12.1 Å². The van der Waals surface area contributed by atoms with Crippen molar-refractivity contribution in [3.05, 3.63) is 35.9 Å². The average molecular weight is 270 g/mol. The number of halogens is 1. The lowest BCUT2D eigenvalue weighted by Gasteiger charge is -2.05. The van der Waals surface area contributed by atoms with Crippen LogP contribution in [0.15, 0.2) is 35.5 Å². The molecule has 0 aromatic heterocycles. The van der Waals surface area contributed by atoms with Crippen LogP contribution in [0.1, 0.15) is 5.56 Å². The first-order valence-electron chi connectivity index (χ1n) is 5.10. The molecule has 0 radical (unpaired) electrons. The monoisotopic (exact) mass is 269 g/mol. The molecule has 0 N–H and O–H groups in total. The molecule has 1 aromatic carbocycles. The van der Waals surface area contributed by atoms with Gasteiger partial charge in [-0.1, -0.05) is 35.5 Å². The first kappa shape index (κ1) is 14.2. The van der Waals surface area contributed by atoms with Gasteiger partial charge in [0.05, 0.1) is 5.88 Å². The predicted octanol–water partition coefficient (Wildman–Crippen LogP) is 1.54. The van der Waals surface area contributed by atoms with Gasteiger partial charge in [-0.15, -0.1) is 11.6 Å². The van der Waals surface area contributed by atoms with Gasteiger partial charge in [0.25, 0.3) is 0 Å². The van der Waals surface area contributed by atoms with Gasteiger partial charge in [-0.25, -0.2) is 4.79 Å². The van der Waals surface area contributed by atoms with E-state index in [-0.39, 0.29) is 12.5 Å². The van der Waals surface area contributed by atoms with Crippen LogP contribution in [-0.4, -0.2) is 30.5 Å². The van der Waals surface area contributed by atoms with E-state index in [2.05, 4.69) is 9.99 Å². The molecule has 0 spiro atoms. The molecule has 6 heteroatoms. The fourth-order valence-corrected chi connectivity index (χ4v) is 1.27. The van der Waals surface area contributed by atoms with Crippen LogP contribution < -0.4 is 0 Å². The zero-order valence-electron chi connectivity index (χ0n) is 9.76. The summed E-state index contributed by atoms with van der Waals surface area (Å²) in [5.74, 6) is -1.86. The Labute approximate surface area is 109 Å². The minimum absolute atomic E-state index is 0.0535. The molecule has 0 bridgehead atoms. The highest BCUT2D eigenvalue weighted by Gasteiger charge is 2.22. The molecule has 1 aromatic rings. The van der Waals surface area contributed by atoms with Crippen LogP contribution in [0.3, 0.4) is 0 Å². The largest absolute Gasteiger partial charge is 0.456 e. The third-order valence-corrected chi connectivity index (χ3v) is 2.22. The van der Waals surface area contributed by atoms with Crippen molar-refractivity contribution in [3.63, 3.8) is 0 Å². The van der Waals surface area contributed by atoms with Gasteiger partial charge >= 0.3 is 5.97 Å². The number of carbonyl (C=O) groups excluding carboxylic acids is 2. The van der Waals surface area contributed by atoms with Crippen LogP contribution in [0.2, 0.25) is 0 Å². The number of alkyl halides is 1. The molecular formula is C12H12ClNO4. The normalized spacial score (nSPS) is 10.9. The topological polar surface area (TPSA) is 65.0 Å². The van der Waals surface area contributed by atoms with Gasteiger partial charge in [-0.05, 0) is 5.56 Å². The SMILES string of the molecule is CO/N=C(/C(=O)CCl)C(=O)OCc1ccccc1. The summed E-state index contributed by atoms with van der Waals surface area (Å²) in [5, 5.41) is 3.32. The van der Waals surface area contributed by atoms with Gasteiger partial charge in [-0.3, -0.25) is 4.79 Å². The van der Waals surface area contributed by atoms with E-state index in [1.807, 2.05) is 18.2 Å². The van der Waals surface area contributed by atoms with E-state index in [4.69, 9.17) is 16.3 Å². The Kier molecular flexibility index (Phi) is 5.87. The summed E-state index contributed by atoms with van der Waals surface area (Å²) >= 11 is 5.35. The van der Waals surface area contributed by atoms with Crippen molar-refractivity contribution in [3.8, 4) is 0 Å². The Bertz CT molecular complexity index is 445. The van der Waals surface area contributed by atoms with E-state index < -0.39 is 17.5 Å². The second-order valence-corrected chi connectivity index (χ2v) is 3.51. The van der Waals surface area contributed by atoms with Crippen molar-refractivity contribution in [2.24, 2.45) is 5.16 Å². The highest BCUT2D eigenvalue weighted by atomic mass is 35.5. The number of benzene rings is 1. The molecule has 5 nitrogen and oxygen atoms in total. The maximum atomic E-state index is 11.6. The van der Waals surface area contributed by atoms with E-state index in [0.717, 1.165) is 5.56 Å². The molecule has 1 rings (SSSR count). The number of Topliss-reactive ketones (excluding diaryl/α,β-unsaturated/α-hetero) is 1. The number of nitrogens with zero attached hydrogens (tertiary/aromatic N) is 1. The van der Waals surface area contributed by atoms with Crippen LogP contribution in [0.25, 0.3) is 0 Å². The summed E-state index contributed by atoms with van der Waals surface area (Å²) in [6, 6.07) is 9.07. The Morgan fingerprint density at radius 1 is 1.28 bits per heavy atom. The molecule has 0 saturated heterocycles. The quantitative estimate of drug-likeness (QED) is 0.258. The third kappa shape index (κ3) is 4.18. The van der Waals surface area contributed by atoms with E-state index in [0.29, 0.717) is 0 Å². The first-order chi connectivity index (χ1) is 8.69. The van der Waals surface area contributed by atoms with Crippen LogP contribution in [-0.2, 0) is 25.8 Å². The molecule has 18 heavy (non-hydrogen) atoms. The smallest absolute Gasteiger partial charge is 0.364 e. The summed E-state index contributed by atoms with van der Waals surface area (Å²) in [6.07, 6.45) is 0. The van der Waals surface area contributed by atoms with Gasteiger partial charge in [0.1, 0.15) is 13.7 Å². The highest BCUT2D eigenvalue weighted by molar-refractivity contribution is 6.67. The van der Waals surface area contributed by atoms with Crippen molar-refractivity contribution < 1.29 is 19.2 Å². The first-order valence-corrected chi connectivity index (χ1v) is 5.64. The average Bonchev–Trinajstić information content (AvgIpc) is 2.42. The van der Waals surface area contributed by atoms with Crippen molar-refractivity contribution in [2.45, 2.75) is 6.61 Å². The zero-order valence-corrected chi connectivity index (χ0v) is 10.5. The van der Waals surface area contributed by atoms with Gasteiger partial charge in [0.2, 0.25) is 11.5 Å². The molecule has 0 amide bonds. The Hall–Kier alpha value is -1.88.